The number of nitriles is 1. The second-order valence-electron chi connectivity index (χ2n) is 2.70. The Hall–Kier alpha value is -2.08. The van der Waals surface area contributed by atoms with Gasteiger partial charge in [-0.1, -0.05) is 12.1 Å². The van der Waals surface area contributed by atoms with Gasteiger partial charge >= 0.3 is 0 Å². The number of hydrogen-bond acceptors (Lipinski definition) is 2. The molecule has 3 heteroatoms. The third-order valence-electron chi connectivity index (χ3n) is 2.00. The number of hydrogen-bond donors (Lipinski definition) is 1. The van der Waals surface area contributed by atoms with Crippen LogP contribution in [0.5, 0.6) is 0 Å². The normalized spacial score (nSPS) is 9.77. The monoisotopic (exact) mass is 170 g/mol. The van der Waals surface area contributed by atoms with E-state index in [4.69, 9.17) is 5.26 Å². The van der Waals surface area contributed by atoms with E-state index in [2.05, 4.69) is 11.1 Å². The lowest BCUT2D eigenvalue weighted by molar-refractivity contribution is 0.112. The van der Waals surface area contributed by atoms with Crippen molar-refractivity contribution < 1.29 is 4.79 Å². The largest absolute Gasteiger partial charge is 0.359 e. The number of nitrogens with zero attached hydrogens (tertiary/aromatic N) is 1. The van der Waals surface area contributed by atoms with Gasteiger partial charge in [0, 0.05) is 17.1 Å². The molecular weight excluding hydrogens is 164 g/mol. The Kier molecular flexibility index (Phi) is 1.60. The first-order chi connectivity index (χ1) is 6.36. The standard InChI is InChI=1S/C10H6N2O/c11-4-8-5-12-10-7(6-13)2-1-3-9(8)10/h1-3,5-6,12H. The zero-order chi connectivity index (χ0) is 9.26. The van der Waals surface area contributed by atoms with Crippen molar-refractivity contribution in [2.24, 2.45) is 0 Å². The van der Waals surface area contributed by atoms with E-state index in [0.29, 0.717) is 11.1 Å². The second-order valence-corrected chi connectivity index (χ2v) is 2.70. The van der Waals surface area contributed by atoms with Crippen LogP contribution in [0.15, 0.2) is 24.4 Å². The van der Waals surface area contributed by atoms with Crippen LogP contribution in [0.4, 0.5) is 0 Å². The Labute approximate surface area is 74.6 Å². The first kappa shape index (κ1) is 7.56. The summed E-state index contributed by atoms with van der Waals surface area (Å²) in [7, 11) is 0. The van der Waals surface area contributed by atoms with Crippen LogP contribution < -0.4 is 0 Å². The van der Waals surface area contributed by atoms with Crippen LogP contribution in [-0.4, -0.2) is 11.3 Å². The molecule has 3 nitrogen and oxygen atoms in total. The van der Waals surface area contributed by atoms with Gasteiger partial charge in [0.1, 0.15) is 6.07 Å². The Balaban J connectivity index is 2.88. The summed E-state index contributed by atoms with van der Waals surface area (Å²) in [5, 5.41) is 9.53. The minimum absolute atomic E-state index is 0.568. The number of nitrogens with one attached hydrogen (secondary N) is 1. The van der Waals surface area contributed by atoms with Gasteiger partial charge in [-0.05, 0) is 6.07 Å². The topological polar surface area (TPSA) is 56.6 Å². The average Bonchev–Trinajstić information content (AvgIpc) is 2.60. The minimum atomic E-state index is 0.568. The lowest BCUT2D eigenvalue weighted by Gasteiger charge is -1.92. The molecule has 2 rings (SSSR count). The highest BCUT2D eigenvalue weighted by Gasteiger charge is 2.05. The van der Waals surface area contributed by atoms with Crippen molar-refractivity contribution in [1.29, 1.82) is 5.26 Å². The fourth-order valence-electron chi connectivity index (χ4n) is 1.37. The number of aromatic nitrogens is 1. The van der Waals surface area contributed by atoms with E-state index in [-0.39, 0.29) is 0 Å². The van der Waals surface area contributed by atoms with Crippen molar-refractivity contribution in [2.45, 2.75) is 0 Å². The highest BCUT2D eigenvalue weighted by molar-refractivity contribution is 5.98. The van der Waals surface area contributed by atoms with E-state index in [0.717, 1.165) is 17.2 Å². The van der Waals surface area contributed by atoms with Crippen molar-refractivity contribution in [1.82, 2.24) is 4.98 Å². The predicted octanol–water partition coefficient (Wildman–Crippen LogP) is 1.85. The molecule has 0 aliphatic carbocycles. The van der Waals surface area contributed by atoms with Gasteiger partial charge in [-0.15, -0.1) is 0 Å². The molecule has 1 N–H and O–H groups in total. The summed E-state index contributed by atoms with van der Waals surface area (Å²) in [4.78, 5) is 13.5. The number of fused-ring (bicyclic) bond motifs is 1. The Morgan fingerprint density at radius 2 is 2.31 bits per heavy atom. The molecule has 0 spiro atoms. The quantitative estimate of drug-likeness (QED) is 0.664. The number of rotatable bonds is 1. The summed E-state index contributed by atoms with van der Waals surface area (Å²) in [5.74, 6) is 0. The third kappa shape index (κ3) is 1.00. The molecule has 0 atom stereocenters. The SMILES string of the molecule is N#Cc1c[nH]c2c(C=O)cccc12. The molecule has 0 aliphatic rings. The molecule has 1 aromatic carbocycles. The van der Waals surface area contributed by atoms with Crippen LogP contribution in [0.2, 0.25) is 0 Å². The summed E-state index contributed by atoms with van der Waals surface area (Å²) in [5.41, 5.74) is 1.88. The van der Waals surface area contributed by atoms with Crippen LogP contribution in [0.1, 0.15) is 15.9 Å². The molecule has 1 heterocycles. The maximum Gasteiger partial charge on any atom is 0.152 e. The number of aldehydes is 1. The number of para-hydroxylation sites is 1. The summed E-state index contributed by atoms with van der Waals surface area (Å²) < 4.78 is 0. The van der Waals surface area contributed by atoms with Gasteiger partial charge in [0.25, 0.3) is 0 Å². The maximum atomic E-state index is 10.6. The average molecular weight is 170 g/mol. The molecule has 0 aliphatic heterocycles. The number of aromatic amines is 1. The third-order valence-corrected chi connectivity index (χ3v) is 2.00. The van der Waals surface area contributed by atoms with E-state index in [9.17, 15) is 4.79 Å². The molecule has 0 amide bonds. The van der Waals surface area contributed by atoms with E-state index < -0.39 is 0 Å². The molecule has 0 saturated carbocycles. The van der Waals surface area contributed by atoms with Gasteiger partial charge in [0.15, 0.2) is 6.29 Å². The van der Waals surface area contributed by atoms with Crippen LogP contribution in [-0.2, 0) is 0 Å². The van der Waals surface area contributed by atoms with Crippen molar-refractivity contribution in [3.63, 3.8) is 0 Å². The fraction of sp³-hybridized carbons (Fsp3) is 0. The van der Waals surface area contributed by atoms with Crippen LogP contribution in [0.25, 0.3) is 10.9 Å². The first-order valence-corrected chi connectivity index (χ1v) is 3.82. The lowest BCUT2D eigenvalue weighted by Crippen LogP contribution is -1.80. The second kappa shape index (κ2) is 2.76. The van der Waals surface area contributed by atoms with Crippen LogP contribution in [0, 0.1) is 11.3 Å². The first-order valence-electron chi connectivity index (χ1n) is 3.82. The van der Waals surface area contributed by atoms with Crippen LogP contribution in [0.3, 0.4) is 0 Å². The number of benzene rings is 1. The minimum Gasteiger partial charge on any atom is -0.359 e. The zero-order valence-electron chi connectivity index (χ0n) is 6.74. The van der Waals surface area contributed by atoms with Crippen molar-refractivity contribution in [2.75, 3.05) is 0 Å². The van der Waals surface area contributed by atoms with Crippen molar-refractivity contribution in [3.8, 4) is 6.07 Å². The zero-order valence-corrected chi connectivity index (χ0v) is 6.74. The van der Waals surface area contributed by atoms with Gasteiger partial charge in [0.2, 0.25) is 0 Å². The molecule has 2 aromatic rings. The van der Waals surface area contributed by atoms with E-state index in [1.54, 1.807) is 18.3 Å². The number of carbonyl (C=O) groups excluding carboxylic acids is 1. The summed E-state index contributed by atoms with van der Waals surface area (Å²) in [6.07, 6.45) is 2.39. The highest BCUT2D eigenvalue weighted by Crippen LogP contribution is 2.19. The Morgan fingerprint density at radius 3 is 3.00 bits per heavy atom. The van der Waals surface area contributed by atoms with E-state index in [1.165, 1.54) is 0 Å². The van der Waals surface area contributed by atoms with Crippen LogP contribution >= 0.6 is 0 Å². The lowest BCUT2D eigenvalue weighted by atomic mass is 10.1. The summed E-state index contributed by atoms with van der Waals surface area (Å²) >= 11 is 0. The van der Waals surface area contributed by atoms with Gasteiger partial charge in [-0.2, -0.15) is 5.26 Å². The highest BCUT2D eigenvalue weighted by atomic mass is 16.1. The molecule has 0 bridgehead atoms. The number of carbonyl (C=O) groups is 1. The van der Waals surface area contributed by atoms with Crippen molar-refractivity contribution >= 4 is 17.2 Å². The van der Waals surface area contributed by atoms with Crippen molar-refractivity contribution in [3.05, 3.63) is 35.5 Å². The molecule has 62 valence electrons. The summed E-state index contributed by atoms with van der Waals surface area (Å²) in [6.45, 7) is 0. The van der Waals surface area contributed by atoms with Gasteiger partial charge in [-0.25, -0.2) is 0 Å². The Morgan fingerprint density at radius 1 is 1.46 bits per heavy atom. The molecule has 13 heavy (non-hydrogen) atoms. The predicted molar refractivity (Wildman–Crippen MR) is 48.4 cm³/mol. The van der Waals surface area contributed by atoms with Gasteiger partial charge < -0.3 is 4.98 Å². The summed E-state index contributed by atoms with van der Waals surface area (Å²) in [6, 6.07) is 7.35. The molecule has 0 saturated heterocycles. The molecule has 0 fully saturated rings. The maximum absolute atomic E-state index is 10.6. The molecule has 1 aromatic heterocycles. The smallest absolute Gasteiger partial charge is 0.152 e. The van der Waals surface area contributed by atoms with Gasteiger partial charge in [-0.3, -0.25) is 4.79 Å². The molecular formula is C10H6N2O. The number of H-pyrrole nitrogens is 1. The molecule has 0 radical (unpaired) electrons. The van der Waals surface area contributed by atoms with E-state index in [1.807, 2.05) is 6.07 Å². The fourth-order valence-corrected chi connectivity index (χ4v) is 1.37. The van der Waals surface area contributed by atoms with Gasteiger partial charge in [0.05, 0.1) is 11.1 Å². The molecule has 0 unspecified atom stereocenters. The van der Waals surface area contributed by atoms with E-state index >= 15 is 0 Å². The Bertz CT molecular complexity index is 505.